The Hall–Kier alpha value is -0.460. The van der Waals surface area contributed by atoms with E-state index in [-0.39, 0.29) is 0 Å². The van der Waals surface area contributed by atoms with E-state index in [1.807, 2.05) is 0 Å². The molecule has 1 aliphatic rings. The SMILES string of the molecule is C1=C\NCCCCCC/1. The van der Waals surface area contributed by atoms with Gasteiger partial charge in [-0.05, 0) is 25.5 Å². The third-order valence-corrected chi connectivity index (χ3v) is 1.68. The maximum Gasteiger partial charge on any atom is 0.0141 e. The Balaban J connectivity index is 2.15. The molecule has 0 saturated heterocycles. The second kappa shape index (κ2) is 4.42. The van der Waals surface area contributed by atoms with E-state index in [0.29, 0.717) is 0 Å². The summed E-state index contributed by atoms with van der Waals surface area (Å²) in [6.07, 6.45) is 11.1. The van der Waals surface area contributed by atoms with Gasteiger partial charge in [0.1, 0.15) is 0 Å². The van der Waals surface area contributed by atoms with Gasteiger partial charge < -0.3 is 5.32 Å². The zero-order valence-electron chi connectivity index (χ0n) is 5.90. The largest absolute Gasteiger partial charge is 0.391 e. The number of hydrogen-bond donors (Lipinski definition) is 1. The standard InChI is InChI=1S/C8H15N/c1-2-4-6-8-9-7-5-3-1/h5,7,9H,1-4,6,8H2/b7-5-. The summed E-state index contributed by atoms with van der Waals surface area (Å²) in [4.78, 5) is 0. The molecule has 0 amide bonds. The number of rotatable bonds is 0. The van der Waals surface area contributed by atoms with Gasteiger partial charge >= 0.3 is 0 Å². The number of hydrogen-bond acceptors (Lipinski definition) is 1. The van der Waals surface area contributed by atoms with Gasteiger partial charge in [-0.1, -0.05) is 18.9 Å². The van der Waals surface area contributed by atoms with Gasteiger partial charge in [-0.15, -0.1) is 0 Å². The molecule has 0 radical (unpaired) electrons. The highest BCUT2D eigenvalue weighted by molar-refractivity contribution is 4.80. The molecule has 0 bridgehead atoms. The van der Waals surface area contributed by atoms with Crippen LogP contribution >= 0.6 is 0 Å². The highest BCUT2D eigenvalue weighted by Gasteiger charge is 1.89. The van der Waals surface area contributed by atoms with E-state index in [1.165, 1.54) is 32.1 Å². The first-order valence-corrected chi connectivity index (χ1v) is 3.88. The molecule has 0 saturated carbocycles. The summed E-state index contributed by atoms with van der Waals surface area (Å²) in [6.45, 7) is 1.16. The average molecular weight is 125 g/mol. The summed E-state index contributed by atoms with van der Waals surface area (Å²) in [5, 5.41) is 3.25. The minimum Gasteiger partial charge on any atom is -0.391 e. The molecule has 0 spiro atoms. The Morgan fingerprint density at radius 2 is 1.89 bits per heavy atom. The highest BCUT2D eigenvalue weighted by atomic mass is 14.8. The molecule has 1 aliphatic heterocycles. The smallest absolute Gasteiger partial charge is 0.0141 e. The van der Waals surface area contributed by atoms with Crippen molar-refractivity contribution in [3.8, 4) is 0 Å². The lowest BCUT2D eigenvalue weighted by atomic mass is 10.1. The summed E-state index contributed by atoms with van der Waals surface area (Å²) in [7, 11) is 0. The van der Waals surface area contributed by atoms with Crippen LogP contribution in [-0.4, -0.2) is 6.54 Å². The van der Waals surface area contributed by atoms with Gasteiger partial charge in [0.2, 0.25) is 0 Å². The van der Waals surface area contributed by atoms with Crippen LogP contribution in [0.3, 0.4) is 0 Å². The summed E-state index contributed by atoms with van der Waals surface area (Å²) < 4.78 is 0. The molecule has 1 heteroatoms. The lowest BCUT2D eigenvalue weighted by Gasteiger charge is -1.96. The fraction of sp³-hybridized carbons (Fsp3) is 0.750. The van der Waals surface area contributed by atoms with Crippen molar-refractivity contribution < 1.29 is 0 Å². The van der Waals surface area contributed by atoms with Crippen molar-refractivity contribution in [1.29, 1.82) is 0 Å². The van der Waals surface area contributed by atoms with Gasteiger partial charge in [-0.3, -0.25) is 0 Å². The molecule has 9 heavy (non-hydrogen) atoms. The number of allylic oxidation sites excluding steroid dienone is 1. The predicted octanol–water partition coefficient (Wildman–Crippen LogP) is 2.05. The van der Waals surface area contributed by atoms with Crippen molar-refractivity contribution in [1.82, 2.24) is 5.32 Å². The third-order valence-electron chi connectivity index (χ3n) is 1.68. The normalized spacial score (nSPS) is 24.9. The minimum absolute atomic E-state index is 1.16. The molecule has 0 fully saturated rings. The van der Waals surface area contributed by atoms with Crippen LogP contribution in [0.4, 0.5) is 0 Å². The first-order valence-electron chi connectivity index (χ1n) is 3.88. The lowest BCUT2D eigenvalue weighted by molar-refractivity contribution is 0.642. The molecule has 0 atom stereocenters. The Labute approximate surface area is 57.1 Å². The highest BCUT2D eigenvalue weighted by Crippen LogP contribution is 2.04. The second-order valence-corrected chi connectivity index (χ2v) is 2.56. The molecule has 0 aromatic rings. The van der Waals surface area contributed by atoms with Crippen LogP contribution in [0.1, 0.15) is 32.1 Å². The molecular weight excluding hydrogens is 110 g/mol. The lowest BCUT2D eigenvalue weighted by Crippen LogP contribution is -2.05. The topological polar surface area (TPSA) is 12.0 Å². The van der Waals surface area contributed by atoms with Crippen molar-refractivity contribution >= 4 is 0 Å². The van der Waals surface area contributed by atoms with Crippen molar-refractivity contribution in [2.75, 3.05) is 6.54 Å². The Kier molecular flexibility index (Phi) is 3.27. The van der Waals surface area contributed by atoms with Crippen LogP contribution in [0.25, 0.3) is 0 Å². The average Bonchev–Trinajstić information content (AvgIpc) is 2.00. The van der Waals surface area contributed by atoms with Crippen LogP contribution in [-0.2, 0) is 0 Å². The summed E-state index contributed by atoms with van der Waals surface area (Å²) in [5.41, 5.74) is 0. The fourth-order valence-electron chi connectivity index (χ4n) is 1.09. The third kappa shape index (κ3) is 3.17. The van der Waals surface area contributed by atoms with Crippen molar-refractivity contribution in [2.45, 2.75) is 32.1 Å². The second-order valence-electron chi connectivity index (χ2n) is 2.56. The first-order chi connectivity index (χ1) is 4.50. The zero-order chi connectivity index (χ0) is 6.36. The van der Waals surface area contributed by atoms with E-state index >= 15 is 0 Å². The molecule has 52 valence electrons. The summed E-state index contributed by atoms with van der Waals surface area (Å²) in [6, 6.07) is 0. The van der Waals surface area contributed by atoms with Crippen LogP contribution < -0.4 is 5.32 Å². The van der Waals surface area contributed by atoms with E-state index in [4.69, 9.17) is 0 Å². The molecular formula is C8H15N. The number of nitrogens with one attached hydrogen (secondary N) is 1. The molecule has 0 aromatic carbocycles. The fourth-order valence-corrected chi connectivity index (χ4v) is 1.09. The van der Waals surface area contributed by atoms with E-state index in [0.717, 1.165) is 6.54 Å². The van der Waals surface area contributed by atoms with E-state index in [1.54, 1.807) is 0 Å². The maximum absolute atomic E-state index is 3.25. The van der Waals surface area contributed by atoms with Gasteiger partial charge in [0.25, 0.3) is 0 Å². The molecule has 1 heterocycles. The Bertz CT molecular complexity index is 76.6. The van der Waals surface area contributed by atoms with E-state index in [2.05, 4.69) is 17.6 Å². The van der Waals surface area contributed by atoms with Crippen molar-refractivity contribution in [2.24, 2.45) is 0 Å². The summed E-state index contributed by atoms with van der Waals surface area (Å²) >= 11 is 0. The molecule has 0 aromatic heterocycles. The van der Waals surface area contributed by atoms with Gasteiger partial charge in [0.05, 0.1) is 0 Å². The zero-order valence-corrected chi connectivity index (χ0v) is 5.90. The van der Waals surface area contributed by atoms with Gasteiger partial charge in [-0.2, -0.15) is 0 Å². The van der Waals surface area contributed by atoms with Crippen molar-refractivity contribution in [3.63, 3.8) is 0 Å². The molecule has 1 N–H and O–H groups in total. The van der Waals surface area contributed by atoms with Gasteiger partial charge in [-0.25, -0.2) is 0 Å². The minimum atomic E-state index is 1.16. The van der Waals surface area contributed by atoms with Crippen LogP contribution in [0, 0.1) is 0 Å². The maximum atomic E-state index is 3.25. The Morgan fingerprint density at radius 3 is 2.89 bits per heavy atom. The first kappa shape index (κ1) is 6.66. The van der Waals surface area contributed by atoms with Gasteiger partial charge in [0.15, 0.2) is 0 Å². The van der Waals surface area contributed by atoms with Crippen molar-refractivity contribution in [3.05, 3.63) is 12.3 Å². The predicted molar refractivity (Wildman–Crippen MR) is 40.2 cm³/mol. The molecule has 1 nitrogen and oxygen atoms in total. The van der Waals surface area contributed by atoms with Crippen LogP contribution in [0.2, 0.25) is 0 Å². The summed E-state index contributed by atoms with van der Waals surface area (Å²) in [5.74, 6) is 0. The molecule has 0 unspecified atom stereocenters. The Morgan fingerprint density at radius 1 is 1.00 bits per heavy atom. The van der Waals surface area contributed by atoms with E-state index in [9.17, 15) is 0 Å². The quantitative estimate of drug-likeness (QED) is 0.522. The van der Waals surface area contributed by atoms with Crippen LogP contribution in [0.5, 0.6) is 0 Å². The molecule has 1 rings (SSSR count). The van der Waals surface area contributed by atoms with E-state index < -0.39 is 0 Å². The monoisotopic (exact) mass is 125 g/mol. The van der Waals surface area contributed by atoms with Gasteiger partial charge in [0, 0.05) is 6.54 Å². The van der Waals surface area contributed by atoms with Crippen LogP contribution in [0.15, 0.2) is 12.3 Å². The molecule has 0 aliphatic carbocycles.